The Morgan fingerprint density at radius 1 is 1.20 bits per heavy atom. The fourth-order valence-corrected chi connectivity index (χ4v) is 3.69. The van der Waals surface area contributed by atoms with Gasteiger partial charge in [0, 0.05) is 25.5 Å². The minimum Gasteiger partial charge on any atom is -0.331 e. The summed E-state index contributed by atoms with van der Waals surface area (Å²) in [5.74, 6) is 0.866. The summed E-state index contributed by atoms with van der Waals surface area (Å²) in [5, 5.41) is 0.608. The van der Waals surface area contributed by atoms with Crippen molar-refractivity contribution in [2.24, 2.45) is 5.41 Å². The first-order valence-electron chi connectivity index (χ1n) is 10.7. The van der Waals surface area contributed by atoms with Crippen molar-refractivity contribution in [2.45, 2.75) is 53.1 Å². The summed E-state index contributed by atoms with van der Waals surface area (Å²) >= 11 is 6.14. The van der Waals surface area contributed by atoms with Gasteiger partial charge in [0.1, 0.15) is 5.82 Å². The van der Waals surface area contributed by atoms with Crippen molar-refractivity contribution in [3.63, 3.8) is 0 Å². The van der Waals surface area contributed by atoms with Crippen LogP contribution >= 0.6 is 11.6 Å². The van der Waals surface area contributed by atoms with E-state index in [9.17, 15) is 9.59 Å². The van der Waals surface area contributed by atoms with Gasteiger partial charge >= 0.3 is 0 Å². The third-order valence-electron chi connectivity index (χ3n) is 5.36. The lowest BCUT2D eigenvalue weighted by Gasteiger charge is -2.37. The van der Waals surface area contributed by atoms with Crippen LogP contribution in [0.5, 0.6) is 0 Å². The Kier molecular flexibility index (Phi) is 8.44. The Bertz CT molecular complexity index is 923. The highest BCUT2D eigenvalue weighted by Gasteiger charge is 2.36. The molecule has 1 aromatic carbocycles. The minimum atomic E-state index is -0.700. The van der Waals surface area contributed by atoms with Crippen LogP contribution in [-0.2, 0) is 11.3 Å². The van der Waals surface area contributed by atoms with Gasteiger partial charge in [0.2, 0.25) is 5.91 Å². The van der Waals surface area contributed by atoms with Gasteiger partial charge in [-0.1, -0.05) is 26.0 Å². The van der Waals surface area contributed by atoms with Gasteiger partial charge < -0.3 is 9.80 Å². The third-order valence-corrected chi connectivity index (χ3v) is 6.03. The number of para-hydroxylation sites is 1. The summed E-state index contributed by atoms with van der Waals surface area (Å²) in [6.07, 6.45) is 1.47. The summed E-state index contributed by atoms with van der Waals surface area (Å²) < 4.78 is 1.75. The maximum atomic E-state index is 13.5. The predicted molar refractivity (Wildman–Crippen MR) is 124 cm³/mol. The number of rotatable bonds is 10. The maximum Gasteiger partial charge on any atom is 0.261 e. The van der Waals surface area contributed by atoms with Gasteiger partial charge in [-0.05, 0) is 52.9 Å². The second-order valence-electron chi connectivity index (χ2n) is 8.69. The van der Waals surface area contributed by atoms with E-state index in [0.717, 1.165) is 6.42 Å². The van der Waals surface area contributed by atoms with Gasteiger partial charge in [0.25, 0.3) is 5.56 Å². The number of fused-ring (bicyclic) bond motifs is 1. The molecule has 0 aliphatic rings. The lowest BCUT2D eigenvalue weighted by Crippen LogP contribution is -2.47. The Balaban J connectivity index is 2.67. The molecule has 166 valence electrons. The van der Waals surface area contributed by atoms with E-state index in [0.29, 0.717) is 42.8 Å². The molecule has 30 heavy (non-hydrogen) atoms. The Hall–Kier alpha value is -1.92. The van der Waals surface area contributed by atoms with E-state index < -0.39 is 5.41 Å². The fourth-order valence-electron chi connectivity index (χ4n) is 3.57. The van der Waals surface area contributed by atoms with Crippen molar-refractivity contribution >= 4 is 28.4 Å². The van der Waals surface area contributed by atoms with Crippen LogP contribution in [0, 0.1) is 5.41 Å². The van der Waals surface area contributed by atoms with Crippen LogP contribution < -0.4 is 5.56 Å². The summed E-state index contributed by atoms with van der Waals surface area (Å²) in [6.45, 7) is 9.63. The number of alkyl halides is 1. The standard InChI is InChI=1S/C23H35ClN4O2/c1-7-13-28-20(25-18-12-10-9-11-17(18)21(28)29)19(8-2)27(15-14-26(5)6)22(30)23(3,4)16-24/h9-12,19H,7-8,13-16H2,1-6H3. The molecule has 1 amide bonds. The molecule has 0 saturated heterocycles. The fraction of sp³-hybridized carbons (Fsp3) is 0.609. The number of amides is 1. The van der Waals surface area contributed by atoms with E-state index >= 15 is 0 Å². The molecule has 2 aromatic rings. The van der Waals surface area contributed by atoms with E-state index in [4.69, 9.17) is 16.6 Å². The molecule has 0 aliphatic heterocycles. The number of carbonyl (C=O) groups is 1. The number of halogens is 1. The monoisotopic (exact) mass is 434 g/mol. The van der Waals surface area contributed by atoms with Gasteiger partial charge in [-0.25, -0.2) is 4.98 Å². The SMILES string of the molecule is CCCn1c(C(CC)N(CCN(C)C)C(=O)C(C)(C)CCl)nc2ccccc2c1=O. The van der Waals surface area contributed by atoms with E-state index in [2.05, 4.69) is 0 Å². The van der Waals surface area contributed by atoms with E-state index in [1.807, 2.05) is 75.9 Å². The number of likely N-dealkylation sites (N-methyl/N-ethyl adjacent to an activating group) is 1. The van der Waals surface area contributed by atoms with Gasteiger partial charge in [-0.15, -0.1) is 11.6 Å². The molecule has 2 rings (SSSR count). The highest BCUT2D eigenvalue weighted by Crippen LogP contribution is 2.30. The van der Waals surface area contributed by atoms with Gasteiger partial charge in [-0.2, -0.15) is 0 Å². The van der Waals surface area contributed by atoms with Gasteiger partial charge in [0.15, 0.2) is 0 Å². The summed E-state index contributed by atoms with van der Waals surface area (Å²) in [6, 6.07) is 7.11. The first-order chi connectivity index (χ1) is 14.2. The zero-order valence-corrected chi connectivity index (χ0v) is 19.9. The molecular formula is C23H35ClN4O2. The van der Waals surface area contributed by atoms with Crippen LogP contribution in [0.25, 0.3) is 10.9 Å². The van der Waals surface area contributed by atoms with Crippen LogP contribution in [0.2, 0.25) is 0 Å². The van der Waals surface area contributed by atoms with Crippen LogP contribution in [0.3, 0.4) is 0 Å². The molecule has 0 bridgehead atoms. The Morgan fingerprint density at radius 2 is 1.87 bits per heavy atom. The smallest absolute Gasteiger partial charge is 0.261 e. The number of nitrogens with zero attached hydrogens (tertiary/aromatic N) is 4. The first kappa shape index (κ1) is 24.4. The van der Waals surface area contributed by atoms with Crippen molar-refractivity contribution in [1.29, 1.82) is 0 Å². The van der Waals surface area contributed by atoms with Crippen LogP contribution in [0.4, 0.5) is 0 Å². The molecule has 0 spiro atoms. The lowest BCUT2D eigenvalue weighted by molar-refractivity contribution is -0.142. The molecule has 0 N–H and O–H groups in total. The maximum absolute atomic E-state index is 13.5. The number of aromatic nitrogens is 2. The molecule has 1 aromatic heterocycles. The van der Waals surface area contributed by atoms with Crippen molar-refractivity contribution in [3.8, 4) is 0 Å². The van der Waals surface area contributed by atoms with E-state index in [-0.39, 0.29) is 23.4 Å². The molecule has 1 heterocycles. The molecule has 0 fully saturated rings. The summed E-state index contributed by atoms with van der Waals surface area (Å²) in [5.41, 5.74) is -0.0824. The Labute approximate surface area is 184 Å². The molecule has 6 nitrogen and oxygen atoms in total. The van der Waals surface area contributed by atoms with Crippen molar-refractivity contribution in [2.75, 3.05) is 33.1 Å². The third kappa shape index (κ3) is 5.22. The summed E-state index contributed by atoms with van der Waals surface area (Å²) in [4.78, 5) is 35.6. The number of carbonyl (C=O) groups excluding carboxylic acids is 1. The molecule has 1 atom stereocenters. The van der Waals surface area contributed by atoms with Crippen LogP contribution in [0.15, 0.2) is 29.1 Å². The van der Waals surface area contributed by atoms with Gasteiger partial charge in [0.05, 0.1) is 22.4 Å². The molecular weight excluding hydrogens is 400 g/mol. The van der Waals surface area contributed by atoms with E-state index in [1.54, 1.807) is 4.57 Å². The molecule has 7 heteroatoms. The second kappa shape index (κ2) is 10.4. The zero-order valence-electron chi connectivity index (χ0n) is 19.1. The largest absolute Gasteiger partial charge is 0.331 e. The quantitative estimate of drug-likeness (QED) is 0.532. The predicted octanol–water partition coefficient (Wildman–Crippen LogP) is 3.91. The Morgan fingerprint density at radius 3 is 2.43 bits per heavy atom. The van der Waals surface area contributed by atoms with Crippen molar-refractivity contribution in [1.82, 2.24) is 19.4 Å². The average molecular weight is 435 g/mol. The normalized spacial score (nSPS) is 13.1. The van der Waals surface area contributed by atoms with Gasteiger partial charge in [-0.3, -0.25) is 14.2 Å². The van der Waals surface area contributed by atoms with Crippen LogP contribution in [-0.4, -0.2) is 58.3 Å². The number of hydrogen-bond acceptors (Lipinski definition) is 4. The average Bonchev–Trinajstić information content (AvgIpc) is 2.72. The highest BCUT2D eigenvalue weighted by atomic mass is 35.5. The highest BCUT2D eigenvalue weighted by molar-refractivity contribution is 6.19. The minimum absolute atomic E-state index is 0.0170. The second-order valence-corrected chi connectivity index (χ2v) is 8.95. The topological polar surface area (TPSA) is 58.4 Å². The molecule has 0 saturated carbocycles. The van der Waals surface area contributed by atoms with Crippen LogP contribution in [0.1, 0.15) is 52.4 Å². The zero-order chi connectivity index (χ0) is 22.5. The van der Waals surface area contributed by atoms with Crippen molar-refractivity contribution < 1.29 is 4.79 Å². The summed E-state index contributed by atoms with van der Waals surface area (Å²) in [7, 11) is 3.97. The first-order valence-corrected chi connectivity index (χ1v) is 11.2. The number of benzene rings is 1. The number of hydrogen-bond donors (Lipinski definition) is 0. The molecule has 0 radical (unpaired) electrons. The lowest BCUT2D eigenvalue weighted by atomic mass is 9.93. The molecule has 1 unspecified atom stereocenters. The van der Waals surface area contributed by atoms with E-state index in [1.165, 1.54) is 0 Å². The molecule has 0 aliphatic carbocycles. The van der Waals surface area contributed by atoms with Crippen molar-refractivity contribution in [3.05, 3.63) is 40.4 Å².